The second-order valence-electron chi connectivity index (χ2n) is 5.16. The molecule has 2 aromatic carbocycles. The van der Waals surface area contributed by atoms with E-state index in [0.29, 0.717) is 0 Å². The summed E-state index contributed by atoms with van der Waals surface area (Å²) in [5.74, 6) is 0. The first-order chi connectivity index (χ1) is 9.97. The Morgan fingerprint density at radius 2 is 1.81 bits per heavy atom. The molecular formula is C17H18N2O2. The lowest BCUT2D eigenvalue weighted by molar-refractivity contribution is -0.384. The van der Waals surface area contributed by atoms with Crippen molar-refractivity contribution in [2.45, 2.75) is 26.8 Å². The molecule has 108 valence electrons. The summed E-state index contributed by atoms with van der Waals surface area (Å²) in [5, 5.41) is 10.6. The average Bonchev–Trinajstić information content (AvgIpc) is 2.47. The van der Waals surface area contributed by atoms with E-state index in [1.807, 2.05) is 6.92 Å². The molecule has 0 saturated heterocycles. The van der Waals surface area contributed by atoms with Gasteiger partial charge in [-0.2, -0.15) is 0 Å². The number of hydrogen-bond acceptors (Lipinski definition) is 3. The summed E-state index contributed by atoms with van der Waals surface area (Å²) >= 11 is 0. The Balaban J connectivity index is 2.16. The topological polar surface area (TPSA) is 55.5 Å². The van der Waals surface area contributed by atoms with Gasteiger partial charge in [-0.25, -0.2) is 0 Å². The van der Waals surface area contributed by atoms with Gasteiger partial charge in [-0.05, 0) is 49.6 Å². The van der Waals surface area contributed by atoms with E-state index in [4.69, 9.17) is 0 Å². The van der Waals surface area contributed by atoms with Crippen LogP contribution < -0.4 is 0 Å². The normalized spacial score (nSPS) is 12.5. The highest BCUT2D eigenvalue weighted by atomic mass is 16.6. The Kier molecular flexibility index (Phi) is 4.48. The lowest BCUT2D eigenvalue weighted by atomic mass is 10.0. The van der Waals surface area contributed by atoms with E-state index < -0.39 is 4.92 Å². The number of nitro groups is 1. The van der Waals surface area contributed by atoms with E-state index in [1.54, 1.807) is 18.3 Å². The van der Waals surface area contributed by atoms with E-state index in [9.17, 15) is 10.1 Å². The van der Waals surface area contributed by atoms with Gasteiger partial charge < -0.3 is 0 Å². The van der Waals surface area contributed by atoms with E-state index in [-0.39, 0.29) is 11.7 Å². The number of aryl methyl sites for hydroxylation is 2. The lowest BCUT2D eigenvalue weighted by Gasteiger charge is -2.11. The molecule has 0 amide bonds. The van der Waals surface area contributed by atoms with E-state index >= 15 is 0 Å². The number of rotatable bonds is 4. The van der Waals surface area contributed by atoms with Crippen LogP contribution >= 0.6 is 0 Å². The van der Waals surface area contributed by atoms with Gasteiger partial charge in [-0.15, -0.1) is 0 Å². The third-order valence-corrected chi connectivity index (χ3v) is 3.44. The van der Waals surface area contributed by atoms with Crippen LogP contribution in [0.15, 0.2) is 47.5 Å². The highest BCUT2D eigenvalue weighted by Gasteiger charge is 2.07. The molecule has 0 aliphatic rings. The summed E-state index contributed by atoms with van der Waals surface area (Å²) in [6.07, 6.45) is 1.76. The molecule has 0 spiro atoms. The standard InChI is InChI=1S/C17H18N2O2/c1-12-4-5-13(2)17(10-12)14(3)18-11-15-6-8-16(9-7-15)19(20)21/h4-11,14H,1-3H3/t14-/m1/s1. The zero-order valence-corrected chi connectivity index (χ0v) is 12.4. The van der Waals surface area contributed by atoms with E-state index in [2.05, 4.69) is 37.0 Å². The fourth-order valence-electron chi connectivity index (χ4n) is 2.17. The predicted molar refractivity (Wildman–Crippen MR) is 85.0 cm³/mol. The zero-order valence-electron chi connectivity index (χ0n) is 12.4. The Morgan fingerprint density at radius 1 is 1.14 bits per heavy atom. The summed E-state index contributed by atoms with van der Waals surface area (Å²) in [6, 6.07) is 12.8. The van der Waals surface area contributed by atoms with Gasteiger partial charge in [-0.1, -0.05) is 23.8 Å². The number of non-ortho nitro benzene ring substituents is 1. The summed E-state index contributed by atoms with van der Waals surface area (Å²) in [4.78, 5) is 14.7. The third-order valence-electron chi connectivity index (χ3n) is 3.44. The SMILES string of the molecule is Cc1ccc(C)c([C@@H](C)N=Cc2ccc([N+](=O)[O-])cc2)c1. The maximum atomic E-state index is 10.6. The minimum Gasteiger partial charge on any atom is -0.285 e. The van der Waals surface area contributed by atoms with Crippen molar-refractivity contribution >= 4 is 11.9 Å². The molecule has 4 heteroatoms. The highest BCUT2D eigenvalue weighted by molar-refractivity contribution is 5.80. The molecule has 0 aliphatic carbocycles. The van der Waals surface area contributed by atoms with Crippen LogP contribution in [-0.4, -0.2) is 11.1 Å². The van der Waals surface area contributed by atoms with Crippen LogP contribution in [0.4, 0.5) is 5.69 Å². The fourth-order valence-corrected chi connectivity index (χ4v) is 2.17. The first-order valence-corrected chi connectivity index (χ1v) is 6.82. The van der Waals surface area contributed by atoms with Crippen molar-refractivity contribution in [1.29, 1.82) is 0 Å². The highest BCUT2D eigenvalue weighted by Crippen LogP contribution is 2.22. The van der Waals surface area contributed by atoms with Crippen LogP contribution in [0.25, 0.3) is 0 Å². The molecule has 2 rings (SSSR count). The van der Waals surface area contributed by atoms with Crippen molar-refractivity contribution in [2.24, 2.45) is 4.99 Å². The van der Waals surface area contributed by atoms with Crippen LogP contribution in [-0.2, 0) is 0 Å². The second kappa shape index (κ2) is 6.31. The summed E-state index contributed by atoms with van der Waals surface area (Å²) in [7, 11) is 0. The van der Waals surface area contributed by atoms with Crippen molar-refractivity contribution in [1.82, 2.24) is 0 Å². The fraction of sp³-hybridized carbons (Fsp3) is 0.235. The van der Waals surface area contributed by atoms with Crippen molar-refractivity contribution in [2.75, 3.05) is 0 Å². The minimum absolute atomic E-state index is 0.0556. The first-order valence-electron chi connectivity index (χ1n) is 6.82. The Bertz CT molecular complexity index is 676. The molecule has 0 unspecified atom stereocenters. The van der Waals surface area contributed by atoms with Crippen LogP contribution in [0.1, 0.15) is 35.2 Å². The summed E-state index contributed by atoms with van der Waals surface area (Å²) < 4.78 is 0. The smallest absolute Gasteiger partial charge is 0.269 e. The molecule has 0 aliphatic heterocycles. The number of nitrogens with zero attached hydrogens (tertiary/aromatic N) is 2. The molecule has 0 bridgehead atoms. The monoisotopic (exact) mass is 282 g/mol. The Hall–Kier alpha value is -2.49. The van der Waals surface area contributed by atoms with Gasteiger partial charge in [-0.3, -0.25) is 15.1 Å². The third kappa shape index (κ3) is 3.75. The molecule has 0 N–H and O–H groups in total. The first kappa shape index (κ1) is 14.9. The van der Waals surface area contributed by atoms with Crippen molar-refractivity contribution in [3.05, 3.63) is 74.8 Å². The number of hydrogen-bond donors (Lipinski definition) is 0. The van der Waals surface area contributed by atoms with Gasteiger partial charge in [0.2, 0.25) is 0 Å². The van der Waals surface area contributed by atoms with Gasteiger partial charge in [0.25, 0.3) is 5.69 Å². The molecule has 0 fully saturated rings. The van der Waals surface area contributed by atoms with E-state index in [0.717, 1.165) is 5.56 Å². The van der Waals surface area contributed by atoms with Gasteiger partial charge >= 0.3 is 0 Å². The van der Waals surface area contributed by atoms with Crippen LogP contribution in [0, 0.1) is 24.0 Å². The number of aliphatic imine (C=N–C) groups is 1. The van der Waals surface area contributed by atoms with Crippen molar-refractivity contribution in [3.63, 3.8) is 0 Å². The average molecular weight is 282 g/mol. The summed E-state index contributed by atoms with van der Waals surface area (Å²) in [6.45, 7) is 6.19. The molecule has 2 aromatic rings. The molecule has 0 aromatic heterocycles. The van der Waals surface area contributed by atoms with Crippen molar-refractivity contribution in [3.8, 4) is 0 Å². The maximum Gasteiger partial charge on any atom is 0.269 e. The van der Waals surface area contributed by atoms with Gasteiger partial charge in [0.1, 0.15) is 0 Å². The van der Waals surface area contributed by atoms with Crippen LogP contribution in [0.2, 0.25) is 0 Å². The molecule has 0 radical (unpaired) electrons. The quantitative estimate of drug-likeness (QED) is 0.474. The van der Waals surface area contributed by atoms with E-state index in [1.165, 1.54) is 28.8 Å². The lowest BCUT2D eigenvalue weighted by Crippen LogP contribution is -1.96. The molecule has 4 nitrogen and oxygen atoms in total. The van der Waals surface area contributed by atoms with Gasteiger partial charge in [0.15, 0.2) is 0 Å². The molecule has 0 heterocycles. The number of nitro benzene ring substituents is 1. The summed E-state index contributed by atoms with van der Waals surface area (Å²) in [5.41, 5.74) is 4.59. The minimum atomic E-state index is -0.403. The maximum absolute atomic E-state index is 10.6. The van der Waals surface area contributed by atoms with Gasteiger partial charge in [0, 0.05) is 18.3 Å². The Labute approximate surface area is 124 Å². The van der Waals surface area contributed by atoms with Crippen molar-refractivity contribution < 1.29 is 4.92 Å². The molecular weight excluding hydrogens is 264 g/mol. The molecule has 21 heavy (non-hydrogen) atoms. The van der Waals surface area contributed by atoms with Crippen LogP contribution in [0.3, 0.4) is 0 Å². The molecule has 0 saturated carbocycles. The van der Waals surface area contributed by atoms with Crippen LogP contribution in [0.5, 0.6) is 0 Å². The zero-order chi connectivity index (χ0) is 15.4. The predicted octanol–water partition coefficient (Wildman–Crippen LogP) is 4.39. The largest absolute Gasteiger partial charge is 0.285 e. The van der Waals surface area contributed by atoms with Gasteiger partial charge in [0.05, 0.1) is 11.0 Å². The molecule has 1 atom stereocenters. The Morgan fingerprint density at radius 3 is 2.43 bits per heavy atom. The second-order valence-corrected chi connectivity index (χ2v) is 5.16. The number of benzene rings is 2.